The number of nitrogens with one attached hydrogen (secondary N) is 2. The highest BCUT2D eigenvalue weighted by atomic mass is 16.2. The molecule has 0 saturated heterocycles. The third kappa shape index (κ3) is 3.71. The Morgan fingerprint density at radius 2 is 2.33 bits per heavy atom. The maximum Gasteiger partial charge on any atom is 0.251 e. The van der Waals surface area contributed by atoms with Gasteiger partial charge in [0.1, 0.15) is 6.61 Å². The molecular formula is C16H17N3O2. The lowest BCUT2D eigenvalue weighted by Gasteiger charge is -2.12. The van der Waals surface area contributed by atoms with Crippen LogP contribution in [0.25, 0.3) is 0 Å². The standard InChI is InChI=1S/C16H17N3O2/c1-11-8-14(6-5-13(11)4-3-7-20)16(21)19-12(2)15-9-17-18-10-15/h5-6,8-10,12,20H,7H2,1-2H3,(H,17,18)(H,19,21). The van der Waals surface area contributed by atoms with Crippen molar-refractivity contribution in [3.8, 4) is 11.8 Å². The summed E-state index contributed by atoms with van der Waals surface area (Å²) >= 11 is 0. The molecule has 0 bridgehead atoms. The van der Waals surface area contributed by atoms with Crippen molar-refractivity contribution in [2.75, 3.05) is 6.61 Å². The van der Waals surface area contributed by atoms with Crippen molar-refractivity contribution in [3.05, 3.63) is 52.8 Å². The van der Waals surface area contributed by atoms with E-state index in [1.807, 2.05) is 13.8 Å². The van der Waals surface area contributed by atoms with Gasteiger partial charge < -0.3 is 10.4 Å². The zero-order valence-corrected chi connectivity index (χ0v) is 12.0. The lowest BCUT2D eigenvalue weighted by Crippen LogP contribution is -2.26. The number of aliphatic hydroxyl groups excluding tert-OH is 1. The molecule has 3 N–H and O–H groups in total. The minimum atomic E-state index is -0.177. The second-order valence-electron chi connectivity index (χ2n) is 4.72. The van der Waals surface area contributed by atoms with Crippen molar-refractivity contribution in [1.29, 1.82) is 0 Å². The van der Waals surface area contributed by atoms with Gasteiger partial charge >= 0.3 is 0 Å². The molecule has 0 saturated carbocycles. The van der Waals surface area contributed by atoms with Crippen LogP contribution in [0.2, 0.25) is 0 Å². The number of carbonyl (C=O) groups is 1. The zero-order valence-electron chi connectivity index (χ0n) is 12.0. The monoisotopic (exact) mass is 283 g/mol. The largest absolute Gasteiger partial charge is 0.384 e. The van der Waals surface area contributed by atoms with E-state index in [-0.39, 0.29) is 18.6 Å². The number of carbonyl (C=O) groups excluding carboxylic acids is 1. The average Bonchev–Trinajstić information content (AvgIpc) is 3.00. The second-order valence-corrected chi connectivity index (χ2v) is 4.72. The number of aromatic amines is 1. The fraction of sp³-hybridized carbons (Fsp3) is 0.250. The van der Waals surface area contributed by atoms with E-state index in [1.54, 1.807) is 30.6 Å². The van der Waals surface area contributed by atoms with Gasteiger partial charge in [0.2, 0.25) is 0 Å². The summed E-state index contributed by atoms with van der Waals surface area (Å²) in [7, 11) is 0. The molecule has 1 aromatic heterocycles. The summed E-state index contributed by atoms with van der Waals surface area (Å²) < 4.78 is 0. The number of amides is 1. The molecule has 0 aliphatic carbocycles. The highest BCUT2D eigenvalue weighted by molar-refractivity contribution is 5.94. The Kier molecular flexibility index (Phi) is 4.75. The lowest BCUT2D eigenvalue weighted by atomic mass is 10.0. The Balaban J connectivity index is 2.11. The van der Waals surface area contributed by atoms with Crippen LogP contribution >= 0.6 is 0 Å². The molecule has 1 aromatic carbocycles. The van der Waals surface area contributed by atoms with Gasteiger partial charge in [0.15, 0.2) is 0 Å². The van der Waals surface area contributed by atoms with Crippen LogP contribution in [0.15, 0.2) is 30.6 Å². The predicted octanol–water partition coefficient (Wildman–Crippen LogP) is 1.55. The van der Waals surface area contributed by atoms with Gasteiger partial charge in [0.25, 0.3) is 5.91 Å². The number of rotatable bonds is 3. The molecule has 108 valence electrons. The number of aliphatic hydroxyl groups is 1. The number of aromatic nitrogens is 2. The van der Waals surface area contributed by atoms with Crippen molar-refractivity contribution in [2.45, 2.75) is 19.9 Å². The van der Waals surface area contributed by atoms with Crippen LogP contribution in [0.1, 0.15) is 40.0 Å². The van der Waals surface area contributed by atoms with E-state index < -0.39 is 0 Å². The highest BCUT2D eigenvalue weighted by Crippen LogP contribution is 2.13. The van der Waals surface area contributed by atoms with Crippen LogP contribution in [0, 0.1) is 18.8 Å². The van der Waals surface area contributed by atoms with Crippen LogP contribution < -0.4 is 5.32 Å². The minimum Gasteiger partial charge on any atom is -0.384 e. The van der Waals surface area contributed by atoms with Gasteiger partial charge in [-0.1, -0.05) is 11.8 Å². The van der Waals surface area contributed by atoms with E-state index in [4.69, 9.17) is 5.11 Å². The number of hydrogen-bond donors (Lipinski definition) is 3. The van der Waals surface area contributed by atoms with E-state index in [1.165, 1.54) is 0 Å². The summed E-state index contributed by atoms with van der Waals surface area (Å²) in [5.41, 5.74) is 3.21. The first kappa shape index (κ1) is 14.8. The van der Waals surface area contributed by atoms with Gasteiger partial charge in [-0.2, -0.15) is 5.10 Å². The molecule has 5 heteroatoms. The number of aryl methyl sites for hydroxylation is 1. The molecule has 2 rings (SSSR count). The molecule has 21 heavy (non-hydrogen) atoms. The van der Waals surface area contributed by atoms with E-state index in [9.17, 15) is 4.79 Å². The van der Waals surface area contributed by atoms with Crippen molar-refractivity contribution >= 4 is 5.91 Å². The summed E-state index contributed by atoms with van der Waals surface area (Å²) in [5.74, 6) is 5.30. The number of H-pyrrole nitrogens is 1. The van der Waals surface area contributed by atoms with E-state index >= 15 is 0 Å². The molecule has 0 aliphatic rings. The fourth-order valence-corrected chi connectivity index (χ4v) is 1.94. The van der Waals surface area contributed by atoms with Gasteiger partial charge in [0, 0.05) is 22.9 Å². The fourth-order valence-electron chi connectivity index (χ4n) is 1.94. The first-order valence-corrected chi connectivity index (χ1v) is 6.61. The molecule has 0 fully saturated rings. The van der Waals surface area contributed by atoms with E-state index in [2.05, 4.69) is 27.4 Å². The van der Waals surface area contributed by atoms with Crippen LogP contribution in [0.5, 0.6) is 0 Å². The van der Waals surface area contributed by atoms with Gasteiger partial charge in [-0.15, -0.1) is 0 Å². The van der Waals surface area contributed by atoms with E-state index in [0.717, 1.165) is 16.7 Å². The molecule has 2 aromatic rings. The first-order valence-electron chi connectivity index (χ1n) is 6.61. The highest BCUT2D eigenvalue weighted by Gasteiger charge is 2.12. The summed E-state index contributed by atoms with van der Waals surface area (Å²) in [6.45, 7) is 3.61. The number of hydrogen-bond acceptors (Lipinski definition) is 3. The Morgan fingerprint density at radius 3 is 2.95 bits per heavy atom. The molecule has 1 atom stereocenters. The molecule has 1 heterocycles. The Bertz CT molecular complexity index is 681. The Hall–Kier alpha value is -2.58. The van der Waals surface area contributed by atoms with Gasteiger partial charge in [-0.05, 0) is 37.6 Å². The third-order valence-electron chi connectivity index (χ3n) is 3.16. The first-order chi connectivity index (χ1) is 10.1. The average molecular weight is 283 g/mol. The summed E-state index contributed by atoms with van der Waals surface area (Å²) in [6, 6.07) is 5.19. The van der Waals surface area contributed by atoms with Crippen molar-refractivity contribution < 1.29 is 9.90 Å². The van der Waals surface area contributed by atoms with E-state index in [0.29, 0.717) is 5.56 Å². The van der Waals surface area contributed by atoms with Crippen molar-refractivity contribution in [3.63, 3.8) is 0 Å². The number of benzene rings is 1. The van der Waals surface area contributed by atoms with Gasteiger partial charge in [-0.25, -0.2) is 0 Å². The maximum atomic E-state index is 12.2. The second kappa shape index (κ2) is 6.73. The summed E-state index contributed by atoms with van der Waals surface area (Å²) in [5, 5.41) is 18.2. The quantitative estimate of drug-likeness (QED) is 0.748. The van der Waals surface area contributed by atoms with Gasteiger partial charge in [-0.3, -0.25) is 9.89 Å². The molecule has 1 amide bonds. The van der Waals surface area contributed by atoms with Crippen LogP contribution in [-0.2, 0) is 0 Å². The maximum absolute atomic E-state index is 12.2. The third-order valence-corrected chi connectivity index (χ3v) is 3.16. The minimum absolute atomic E-state index is 0.120. The summed E-state index contributed by atoms with van der Waals surface area (Å²) in [6.07, 6.45) is 3.44. The van der Waals surface area contributed by atoms with Crippen molar-refractivity contribution in [1.82, 2.24) is 15.5 Å². The molecule has 5 nitrogen and oxygen atoms in total. The number of nitrogens with zero attached hydrogens (tertiary/aromatic N) is 1. The SMILES string of the molecule is Cc1cc(C(=O)NC(C)c2cn[nH]c2)ccc1C#CCO. The lowest BCUT2D eigenvalue weighted by molar-refractivity contribution is 0.0940. The Labute approximate surface area is 123 Å². The molecule has 0 spiro atoms. The van der Waals surface area contributed by atoms with Crippen LogP contribution in [0.3, 0.4) is 0 Å². The van der Waals surface area contributed by atoms with Crippen molar-refractivity contribution in [2.24, 2.45) is 0 Å². The van der Waals surface area contributed by atoms with Crippen LogP contribution in [0.4, 0.5) is 0 Å². The molecule has 0 radical (unpaired) electrons. The zero-order chi connectivity index (χ0) is 15.2. The molecule has 0 aliphatic heterocycles. The van der Waals surface area contributed by atoms with Crippen LogP contribution in [-0.4, -0.2) is 27.8 Å². The topological polar surface area (TPSA) is 78.0 Å². The smallest absolute Gasteiger partial charge is 0.251 e. The van der Waals surface area contributed by atoms with Gasteiger partial charge in [0.05, 0.1) is 12.2 Å². The normalized spacial score (nSPS) is 11.4. The molecule has 1 unspecified atom stereocenters. The molecular weight excluding hydrogens is 266 g/mol. The predicted molar refractivity (Wildman–Crippen MR) is 79.6 cm³/mol. The summed E-state index contributed by atoms with van der Waals surface area (Å²) in [4.78, 5) is 12.2. The Morgan fingerprint density at radius 1 is 1.52 bits per heavy atom.